The SMILES string of the molecule is CC(CBr)(CBr)NC(=O)c1c(F)cccc1Br. The van der Waals surface area contributed by atoms with Crippen LogP contribution < -0.4 is 5.32 Å². The summed E-state index contributed by atoms with van der Waals surface area (Å²) in [6, 6.07) is 4.45. The van der Waals surface area contributed by atoms with Crippen molar-refractivity contribution in [2.45, 2.75) is 12.5 Å². The third-order valence-electron chi connectivity index (χ3n) is 2.20. The van der Waals surface area contributed by atoms with Crippen molar-refractivity contribution >= 4 is 53.7 Å². The fourth-order valence-electron chi connectivity index (χ4n) is 1.15. The normalized spacial score (nSPS) is 11.4. The molecule has 0 aliphatic carbocycles. The molecule has 0 spiro atoms. The van der Waals surface area contributed by atoms with Gasteiger partial charge in [-0.3, -0.25) is 4.79 Å². The van der Waals surface area contributed by atoms with Crippen LogP contribution in [0.1, 0.15) is 17.3 Å². The number of alkyl halides is 2. The molecule has 0 radical (unpaired) electrons. The maximum atomic E-state index is 13.6. The summed E-state index contributed by atoms with van der Waals surface area (Å²) in [5.74, 6) is -0.972. The minimum absolute atomic E-state index is 0.0284. The molecule has 1 amide bonds. The summed E-state index contributed by atoms with van der Waals surface area (Å²) >= 11 is 9.81. The van der Waals surface area contributed by atoms with Crippen molar-refractivity contribution < 1.29 is 9.18 Å². The van der Waals surface area contributed by atoms with Gasteiger partial charge in [0.2, 0.25) is 0 Å². The fraction of sp³-hybridized carbons (Fsp3) is 0.364. The summed E-state index contributed by atoms with van der Waals surface area (Å²) in [4.78, 5) is 12.0. The van der Waals surface area contributed by atoms with E-state index in [1.807, 2.05) is 6.92 Å². The maximum Gasteiger partial charge on any atom is 0.255 e. The maximum absolute atomic E-state index is 13.6. The van der Waals surface area contributed by atoms with Gasteiger partial charge in [-0.1, -0.05) is 37.9 Å². The molecule has 0 atom stereocenters. The van der Waals surface area contributed by atoms with Crippen molar-refractivity contribution in [2.24, 2.45) is 0 Å². The highest BCUT2D eigenvalue weighted by molar-refractivity contribution is 9.10. The van der Waals surface area contributed by atoms with E-state index >= 15 is 0 Å². The highest BCUT2D eigenvalue weighted by Crippen LogP contribution is 2.21. The Hall–Kier alpha value is 0.0600. The van der Waals surface area contributed by atoms with E-state index in [0.29, 0.717) is 15.1 Å². The zero-order chi connectivity index (χ0) is 13.1. The molecule has 17 heavy (non-hydrogen) atoms. The molecule has 1 N–H and O–H groups in total. The zero-order valence-corrected chi connectivity index (χ0v) is 13.8. The third-order valence-corrected chi connectivity index (χ3v) is 5.33. The molecule has 1 aromatic rings. The van der Waals surface area contributed by atoms with Crippen LogP contribution >= 0.6 is 47.8 Å². The molecule has 0 aliphatic rings. The second kappa shape index (κ2) is 6.29. The van der Waals surface area contributed by atoms with Gasteiger partial charge in [0.1, 0.15) is 5.82 Å². The molecule has 0 unspecified atom stereocenters. The van der Waals surface area contributed by atoms with Crippen molar-refractivity contribution in [3.8, 4) is 0 Å². The lowest BCUT2D eigenvalue weighted by atomic mass is 10.1. The monoisotopic (exact) mass is 429 g/mol. The first kappa shape index (κ1) is 15.1. The van der Waals surface area contributed by atoms with Gasteiger partial charge < -0.3 is 5.32 Å². The number of carbonyl (C=O) groups is 1. The largest absolute Gasteiger partial charge is 0.345 e. The van der Waals surface area contributed by atoms with Crippen LogP contribution in [0, 0.1) is 5.82 Å². The van der Waals surface area contributed by atoms with Gasteiger partial charge >= 0.3 is 0 Å². The highest BCUT2D eigenvalue weighted by Gasteiger charge is 2.26. The van der Waals surface area contributed by atoms with Crippen LogP contribution in [-0.2, 0) is 0 Å². The Labute approximate surface area is 125 Å². The predicted molar refractivity (Wildman–Crippen MR) is 77.6 cm³/mol. The Bertz CT molecular complexity index is 401. The second-order valence-corrected chi connectivity index (χ2v) is 5.85. The topological polar surface area (TPSA) is 29.1 Å². The van der Waals surface area contributed by atoms with Crippen molar-refractivity contribution in [2.75, 3.05) is 10.7 Å². The second-order valence-electron chi connectivity index (χ2n) is 3.88. The van der Waals surface area contributed by atoms with Gasteiger partial charge in [0.05, 0.1) is 11.1 Å². The molecule has 2 nitrogen and oxygen atoms in total. The summed E-state index contributed by atoms with van der Waals surface area (Å²) < 4.78 is 14.0. The van der Waals surface area contributed by atoms with Gasteiger partial charge in [-0.15, -0.1) is 0 Å². The molecule has 1 aromatic carbocycles. The van der Waals surface area contributed by atoms with E-state index in [9.17, 15) is 9.18 Å². The van der Waals surface area contributed by atoms with Crippen LogP contribution in [0.15, 0.2) is 22.7 Å². The van der Waals surface area contributed by atoms with E-state index in [1.54, 1.807) is 12.1 Å². The van der Waals surface area contributed by atoms with Gasteiger partial charge in [0, 0.05) is 15.1 Å². The molecule has 6 heteroatoms. The summed E-state index contributed by atoms with van der Waals surface area (Å²) in [7, 11) is 0. The highest BCUT2D eigenvalue weighted by atomic mass is 79.9. The summed E-state index contributed by atoms with van der Waals surface area (Å²) in [6.45, 7) is 1.86. The molecule has 94 valence electrons. The number of rotatable bonds is 4. The number of nitrogens with one attached hydrogen (secondary N) is 1. The average molecular weight is 432 g/mol. The number of benzene rings is 1. The molecule has 1 rings (SSSR count). The van der Waals surface area contributed by atoms with Crippen molar-refractivity contribution in [1.29, 1.82) is 0 Å². The van der Waals surface area contributed by atoms with Gasteiger partial charge in [0.25, 0.3) is 5.91 Å². The first-order valence-corrected chi connectivity index (χ1v) is 7.85. The smallest absolute Gasteiger partial charge is 0.255 e. The summed E-state index contributed by atoms with van der Waals surface area (Å²) in [6.07, 6.45) is 0. The average Bonchev–Trinajstić information content (AvgIpc) is 2.28. The minimum atomic E-state index is -0.539. The lowest BCUT2D eigenvalue weighted by molar-refractivity contribution is 0.0918. The molecular formula is C11H11Br3FNO. The van der Waals surface area contributed by atoms with Crippen LogP contribution in [0.25, 0.3) is 0 Å². The molecular weight excluding hydrogens is 421 g/mol. The Kier molecular flexibility index (Phi) is 5.60. The quantitative estimate of drug-likeness (QED) is 0.720. The van der Waals surface area contributed by atoms with E-state index < -0.39 is 17.3 Å². The predicted octanol–water partition coefficient (Wildman–Crippen LogP) is 3.87. The van der Waals surface area contributed by atoms with E-state index in [1.165, 1.54) is 6.07 Å². The van der Waals surface area contributed by atoms with Crippen LogP contribution in [0.2, 0.25) is 0 Å². The van der Waals surface area contributed by atoms with Crippen molar-refractivity contribution in [3.63, 3.8) is 0 Å². The van der Waals surface area contributed by atoms with Gasteiger partial charge in [-0.2, -0.15) is 0 Å². The number of halogens is 4. The standard InChI is InChI=1S/C11H11Br3FNO/c1-11(5-12,6-13)16-10(17)9-7(14)3-2-4-8(9)15/h2-4H,5-6H2,1H3,(H,16,17). The van der Waals surface area contributed by atoms with Gasteiger partial charge in [-0.05, 0) is 35.0 Å². The van der Waals surface area contributed by atoms with Gasteiger partial charge in [0.15, 0.2) is 0 Å². The number of hydrogen-bond acceptors (Lipinski definition) is 1. The molecule has 0 saturated heterocycles. The van der Waals surface area contributed by atoms with Gasteiger partial charge in [-0.25, -0.2) is 4.39 Å². The van der Waals surface area contributed by atoms with Crippen LogP contribution in [0.5, 0.6) is 0 Å². The Morgan fingerprint density at radius 3 is 2.47 bits per heavy atom. The zero-order valence-electron chi connectivity index (χ0n) is 9.07. The van der Waals surface area contributed by atoms with E-state index in [-0.39, 0.29) is 5.56 Å². The Morgan fingerprint density at radius 1 is 1.41 bits per heavy atom. The molecule has 0 aliphatic heterocycles. The van der Waals surface area contributed by atoms with Crippen LogP contribution in [-0.4, -0.2) is 22.1 Å². The van der Waals surface area contributed by atoms with Crippen LogP contribution in [0.3, 0.4) is 0 Å². The Morgan fingerprint density at radius 2 is 2.00 bits per heavy atom. The van der Waals surface area contributed by atoms with E-state index in [0.717, 1.165) is 0 Å². The van der Waals surface area contributed by atoms with Crippen LogP contribution in [0.4, 0.5) is 4.39 Å². The Balaban J connectivity index is 2.98. The first-order chi connectivity index (χ1) is 7.93. The first-order valence-electron chi connectivity index (χ1n) is 4.82. The lowest BCUT2D eigenvalue weighted by Gasteiger charge is -2.26. The molecule has 0 heterocycles. The van der Waals surface area contributed by atoms with E-state index in [4.69, 9.17) is 0 Å². The van der Waals surface area contributed by atoms with Crippen molar-refractivity contribution in [3.05, 3.63) is 34.1 Å². The van der Waals surface area contributed by atoms with Crippen molar-refractivity contribution in [1.82, 2.24) is 5.32 Å². The minimum Gasteiger partial charge on any atom is -0.345 e. The number of amides is 1. The molecule has 0 saturated carbocycles. The molecule has 0 aromatic heterocycles. The molecule has 0 fully saturated rings. The summed E-state index contributed by atoms with van der Waals surface area (Å²) in [5.41, 5.74) is -0.431. The molecule has 0 bridgehead atoms. The van der Waals surface area contributed by atoms with E-state index in [2.05, 4.69) is 53.1 Å². The number of hydrogen-bond donors (Lipinski definition) is 1. The fourth-order valence-corrected chi connectivity index (χ4v) is 2.88. The third kappa shape index (κ3) is 3.76. The lowest BCUT2D eigenvalue weighted by Crippen LogP contribution is -2.49. The number of carbonyl (C=O) groups excluding carboxylic acids is 1. The summed E-state index contributed by atoms with van der Waals surface area (Å²) in [5, 5.41) is 3.93.